The number of benzene rings is 2. The number of esters is 1. The first-order valence-corrected chi connectivity index (χ1v) is 6.81. The molecule has 0 N–H and O–H groups in total. The molecule has 0 atom stereocenters. The van der Waals surface area contributed by atoms with Crippen molar-refractivity contribution in [2.45, 2.75) is 0 Å². The van der Waals surface area contributed by atoms with Crippen LogP contribution < -0.4 is 4.74 Å². The van der Waals surface area contributed by atoms with Gasteiger partial charge in [0.2, 0.25) is 0 Å². The molecule has 0 amide bonds. The zero-order valence-corrected chi connectivity index (χ0v) is 13.0. The normalized spacial score (nSPS) is 10.3. The number of hydrogen-bond acceptors (Lipinski definition) is 5. The van der Waals surface area contributed by atoms with E-state index in [4.69, 9.17) is 9.47 Å². The van der Waals surface area contributed by atoms with Crippen LogP contribution in [0.5, 0.6) is 5.75 Å². The Bertz CT molecular complexity index is 756. The van der Waals surface area contributed by atoms with Gasteiger partial charge in [-0.2, -0.15) is 0 Å². The SMILES string of the molecule is COCOc1cc(F)cc(F)c1C(=O)c1ccc(C(=O)OC)cc1. The molecular formula is C17H14F2O5. The van der Waals surface area contributed by atoms with Crippen LogP contribution in [0.3, 0.4) is 0 Å². The van der Waals surface area contributed by atoms with E-state index in [1.54, 1.807) is 0 Å². The van der Waals surface area contributed by atoms with Crippen LogP contribution in [-0.4, -0.2) is 32.8 Å². The number of carbonyl (C=O) groups is 2. The summed E-state index contributed by atoms with van der Waals surface area (Å²) in [5.41, 5.74) is -0.0702. The van der Waals surface area contributed by atoms with Crippen LogP contribution in [0.2, 0.25) is 0 Å². The van der Waals surface area contributed by atoms with Crippen molar-refractivity contribution >= 4 is 11.8 Å². The number of ketones is 1. The molecule has 0 bridgehead atoms. The molecule has 5 nitrogen and oxygen atoms in total. The Morgan fingerprint density at radius 2 is 1.62 bits per heavy atom. The van der Waals surface area contributed by atoms with Crippen LogP contribution in [0.25, 0.3) is 0 Å². The van der Waals surface area contributed by atoms with Crippen molar-refractivity contribution in [3.8, 4) is 5.75 Å². The Morgan fingerprint density at radius 3 is 2.21 bits per heavy atom. The van der Waals surface area contributed by atoms with Gasteiger partial charge in [-0.25, -0.2) is 13.6 Å². The van der Waals surface area contributed by atoms with Crippen LogP contribution in [0, 0.1) is 11.6 Å². The standard InChI is InChI=1S/C17H14F2O5/c1-22-9-24-14-8-12(18)7-13(19)15(14)16(20)10-3-5-11(6-4-10)17(21)23-2/h3-8H,9H2,1-2H3. The molecule has 24 heavy (non-hydrogen) atoms. The first kappa shape index (κ1) is 17.6. The van der Waals surface area contributed by atoms with Crippen LogP contribution >= 0.6 is 0 Å². The zero-order chi connectivity index (χ0) is 17.7. The van der Waals surface area contributed by atoms with Gasteiger partial charge in [0.1, 0.15) is 22.9 Å². The summed E-state index contributed by atoms with van der Waals surface area (Å²) in [4.78, 5) is 23.9. The van der Waals surface area contributed by atoms with Crippen molar-refractivity contribution in [2.75, 3.05) is 21.0 Å². The smallest absolute Gasteiger partial charge is 0.337 e. The molecule has 0 aromatic heterocycles. The molecule has 0 saturated heterocycles. The number of ether oxygens (including phenoxy) is 3. The summed E-state index contributed by atoms with van der Waals surface area (Å²) >= 11 is 0. The number of methoxy groups -OCH3 is 2. The van der Waals surface area contributed by atoms with Crippen LogP contribution in [0.15, 0.2) is 36.4 Å². The average Bonchev–Trinajstić information content (AvgIpc) is 2.58. The van der Waals surface area contributed by atoms with Gasteiger partial charge in [0.05, 0.1) is 12.7 Å². The molecule has 126 valence electrons. The molecule has 2 aromatic rings. The second kappa shape index (κ2) is 7.65. The van der Waals surface area contributed by atoms with E-state index in [-0.39, 0.29) is 23.7 Å². The molecule has 7 heteroatoms. The predicted octanol–water partition coefficient (Wildman–Crippen LogP) is 2.97. The first-order chi connectivity index (χ1) is 11.5. The predicted molar refractivity (Wildman–Crippen MR) is 80.1 cm³/mol. The molecule has 0 unspecified atom stereocenters. The Balaban J connectivity index is 2.40. The van der Waals surface area contributed by atoms with E-state index in [9.17, 15) is 18.4 Å². The lowest BCUT2D eigenvalue weighted by molar-refractivity contribution is 0.0498. The van der Waals surface area contributed by atoms with Crippen molar-refractivity contribution in [3.63, 3.8) is 0 Å². The quantitative estimate of drug-likeness (QED) is 0.461. The van der Waals surface area contributed by atoms with Crippen molar-refractivity contribution in [1.82, 2.24) is 0 Å². The summed E-state index contributed by atoms with van der Waals surface area (Å²) in [5.74, 6) is -3.48. The maximum absolute atomic E-state index is 14.1. The van der Waals surface area contributed by atoms with Gasteiger partial charge >= 0.3 is 5.97 Å². The highest BCUT2D eigenvalue weighted by Gasteiger charge is 2.22. The minimum absolute atomic E-state index is 0.107. The number of halogens is 2. The van der Waals surface area contributed by atoms with E-state index in [0.29, 0.717) is 6.07 Å². The van der Waals surface area contributed by atoms with E-state index < -0.39 is 29.0 Å². The summed E-state index contributed by atoms with van der Waals surface area (Å²) in [7, 11) is 2.57. The fraction of sp³-hybridized carbons (Fsp3) is 0.176. The largest absolute Gasteiger partial charge is 0.467 e. The second-order valence-corrected chi connectivity index (χ2v) is 4.71. The Labute approximate surface area is 136 Å². The molecule has 0 fully saturated rings. The third kappa shape index (κ3) is 3.75. The summed E-state index contributed by atoms with van der Waals surface area (Å²) in [6, 6.07) is 6.93. The summed E-state index contributed by atoms with van der Waals surface area (Å²) in [6.45, 7) is -0.273. The highest BCUT2D eigenvalue weighted by atomic mass is 19.1. The molecule has 0 saturated carbocycles. The maximum atomic E-state index is 14.1. The molecule has 0 radical (unpaired) electrons. The topological polar surface area (TPSA) is 61.8 Å². The minimum atomic E-state index is -1.05. The van der Waals surface area contributed by atoms with Gasteiger partial charge < -0.3 is 14.2 Å². The molecule has 0 aliphatic heterocycles. The first-order valence-electron chi connectivity index (χ1n) is 6.81. The van der Waals surface area contributed by atoms with Crippen LogP contribution in [-0.2, 0) is 9.47 Å². The molecule has 0 aliphatic rings. The fourth-order valence-corrected chi connectivity index (χ4v) is 2.03. The number of carbonyl (C=O) groups excluding carboxylic acids is 2. The highest BCUT2D eigenvalue weighted by Crippen LogP contribution is 2.26. The van der Waals surface area contributed by atoms with Gasteiger partial charge in [-0.05, 0) is 12.1 Å². The molecular weight excluding hydrogens is 322 g/mol. The lowest BCUT2D eigenvalue weighted by Gasteiger charge is -2.11. The zero-order valence-electron chi connectivity index (χ0n) is 13.0. The van der Waals surface area contributed by atoms with Gasteiger partial charge in [0.25, 0.3) is 0 Å². The molecule has 2 aromatic carbocycles. The summed E-state index contributed by atoms with van der Waals surface area (Å²) < 4.78 is 41.8. The fourth-order valence-electron chi connectivity index (χ4n) is 2.03. The van der Waals surface area contributed by atoms with Crippen molar-refractivity contribution in [1.29, 1.82) is 0 Å². The van der Waals surface area contributed by atoms with Gasteiger partial charge in [-0.3, -0.25) is 4.79 Å². The number of rotatable bonds is 6. The van der Waals surface area contributed by atoms with Crippen LogP contribution in [0.1, 0.15) is 26.3 Å². The van der Waals surface area contributed by atoms with E-state index in [1.807, 2.05) is 0 Å². The van der Waals surface area contributed by atoms with Crippen molar-refractivity contribution < 1.29 is 32.6 Å². The third-order valence-corrected chi connectivity index (χ3v) is 3.15. The third-order valence-electron chi connectivity index (χ3n) is 3.15. The highest BCUT2D eigenvalue weighted by molar-refractivity contribution is 6.11. The average molecular weight is 336 g/mol. The van der Waals surface area contributed by atoms with Gasteiger partial charge in [0, 0.05) is 24.8 Å². The summed E-state index contributed by atoms with van der Waals surface area (Å²) in [6.07, 6.45) is 0. The van der Waals surface area contributed by atoms with E-state index in [0.717, 1.165) is 6.07 Å². The van der Waals surface area contributed by atoms with E-state index in [2.05, 4.69) is 4.74 Å². The molecule has 0 spiro atoms. The van der Waals surface area contributed by atoms with Gasteiger partial charge in [0.15, 0.2) is 12.6 Å². The maximum Gasteiger partial charge on any atom is 0.337 e. The minimum Gasteiger partial charge on any atom is -0.467 e. The van der Waals surface area contributed by atoms with Gasteiger partial charge in [-0.15, -0.1) is 0 Å². The van der Waals surface area contributed by atoms with Crippen molar-refractivity contribution in [2.24, 2.45) is 0 Å². The van der Waals surface area contributed by atoms with Gasteiger partial charge in [-0.1, -0.05) is 12.1 Å². The second-order valence-electron chi connectivity index (χ2n) is 4.71. The Morgan fingerprint density at radius 1 is 1.00 bits per heavy atom. The molecule has 2 rings (SSSR count). The lowest BCUT2D eigenvalue weighted by atomic mass is 10.0. The van der Waals surface area contributed by atoms with E-state index in [1.165, 1.54) is 38.5 Å². The number of hydrogen-bond donors (Lipinski definition) is 0. The van der Waals surface area contributed by atoms with Crippen LogP contribution in [0.4, 0.5) is 8.78 Å². The monoisotopic (exact) mass is 336 g/mol. The lowest BCUT2D eigenvalue weighted by Crippen LogP contribution is -2.11. The molecule has 0 aliphatic carbocycles. The van der Waals surface area contributed by atoms with Crippen molar-refractivity contribution in [3.05, 3.63) is 64.7 Å². The Hall–Kier alpha value is -2.80. The summed E-state index contributed by atoms with van der Waals surface area (Å²) in [5, 5.41) is 0. The molecule has 0 heterocycles. The Kier molecular flexibility index (Phi) is 5.59. The van der Waals surface area contributed by atoms with E-state index >= 15 is 0 Å².